The van der Waals surface area contributed by atoms with E-state index < -0.39 is 0 Å². The van der Waals surface area contributed by atoms with Crippen LogP contribution in [0.1, 0.15) is 56.7 Å². The Morgan fingerprint density at radius 3 is 2.36 bits per heavy atom. The summed E-state index contributed by atoms with van der Waals surface area (Å²) in [6, 6.07) is 18.3. The van der Waals surface area contributed by atoms with Crippen LogP contribution >= 0.6 is 0 Å². The number of nitrogens with zero attached hydrogens (tertiary/aromatic N) is 3. The van der Waals surface area contributed by atoms with Crippen molar-refractivity contribution in [3.63, 3.8) is 0 Å². The average Bonchev–Trinajstić information content (AvgIpc) is 3.51. The molecule has 0 bridgehead atoms. The third-order valence-corrected chi connectivity index (χ3v) is 5.98. The molecule has 2 aromatic carbocycles. The Balaban J connectivity index is 1.72. The summed E-state index contributed by atoms with van der Waals surface area (Å²) in [5, 5.41) is 10.0. The van der Waals surface area contributed by atoms with Crippen molar-refractivity contribution in [1.29, 1.82) is 5.26 Å². The van der Waals surface area contributed by atoms with Crippen LogP contribution in [0.4, 0.5) is 11.4 Å². The first-order chi connectivity index (χ1) is 13.7. The maximum Gasteiger partial charge on any atom is 0.121 e. The highest BCUT2D eigenvalue weighted by Crippen LogP contribution is 2.54. The molecular formula is C24H29N3O. The summed E-state index contributed by atoms with van der Waals surface area (Å²) in [5.74, 6) is 0.742. The van der Waals surface area contributed by atoms with Gasteiger partial charge >= 0.3 is 0 Å². The molecule has 4 heteroatoms. The van der Waals surface area contributed by atoms with E-state index in [4.69, 9.17) is 4.74 Å². The lowest BCUT2D eigenvalue weighted by molar-refractivity contribution is 0.340. The largest absolute Gasteiger partial charge is 0.494 e. The summed E-state index contributed by atoms with van der Waals surface area (Å²) < 4.78 is 5.74. The zero-order valence-corrected chi connectivity index (χ0v) is 17.1. The van der Waals surface area contributed by atoms with Crippen molar-refractivity contribution >= 4 is 11.4 Å². The molecule has 1 fully saturated rings. The van der Waals surface area contributed by atoms with E-state index in [-0.39, 0.29) is 12.0 Å². The summed E-state index contributed by atoms with van der Waals surface area (Å²) >= 11 is 0. The van der Waals surface area contributed by atoms with Crippen LogP contribution in [0.15, 0.2) is 42.5 Å². The van der Waals surface area contributed by atoms with Gasteiger partial charge in [-0.1, -0.05) is 18.2 Å². The van der Waals surface area contributed by atoms with Gasteiger partial charge in [0.05, 0.1) is 24.6 Å². The van der Waals surface area contributed by atoms with Crippen molar-refractivity contribution in [2.45, 2.75) is 51.6 Å². The Bertz CT molecular complexity index is 862. The zero-order valence-electron chi connectivity index (χ0n) is 17.1. The monoisotopic (exact) mass is 375 g/mol. The first kappa shape index (κ1) is 18.7. The van der Waals surface area contributed by atoms with E-state index in [9.17, 15) is 5.26 Å². The lowest BCUT2D eigenvalue weighted by atomic mass is 9.91. The molecule has 2 atom stereocenters. The summed E-state index contributed by atoms with van der Waals surface area (Å²) in [4.78, 5) is 4.83. The van der Waals surface area contributed by atoms with Gasteiger partial charge in [0, 0.05) is 36.6 Å². The molecule has 1 aliphatic heterocycles. The SMILES string of the molecule is CCOc1ccc2c(c1)N(C1CC1)C(c1ccc(N(CC)CC)cc1)C2C#N. The van der Waals surface area contributed by atoms with E-state index in [0.717, 1.165) is 24.4 Å². The van der Waals surface area contributed by atoms with Gasteiger partial charge in [-0.05, 0) is 62.9 Å². The van der Waals surface area contributed by atoms with Crippen molar-refractivity contribution in [2.24, 2.45) is 0 Å². The van der Waals surface area contributed by atoms with E-state index in [1.807, 2.05) is 13.0 Å². The average molecular weight is 376 g/mol. The Labute approximate surface area is 168 Å². The number of fused-ring (bicyclic) bond motifs is 1. The summed E-state index contributed by atoms with van der Waals surface area (Å²) in [6.45, 7) is 9.02. The number of hydrogen-bond donors (Lipinski definition) is 0. The van der Waals surface area contributed by atoms with Crippen LogP contribution in [0.5, 0.6) is 5.75 Å². The van der Waals surface area contributed by atoms with Crippen LogP contribution in [0.2, 0.25) is 0 Å². The molecular weight excluding hydrogens is 346 g/mol. The number of anilines is 2. The second-order valence-corrected chi connectivity index (χ2v) is 7.61. The minimum absolute atomic E-state index is 0.0788. The molecule has 28 heavy (non-hydrogen) atoms. The van der Waals surface area contributed by atoms with Crippen LogP contribution in [0.3, 0.4) is 0 Å². The number of rotatable bonds is 7. The normalized spacial score (nSPS) is 20.6. The van der Waals surface area contributed by atoms with Crippen molar-refractivity contribution < 1.29 is 4.74 Å². The molecule has 1 aliphatic carbocycles. The lowest BCUT2D eigenvalue weighted by Crippen LogP contribution is -2.29. The van der Waals surface area contributed by atoms with Crippen LogP contribution in [-0.2, 0) is 0 Å². The van der Waals surface area contributed by atoms with E-state index in [2.05, 4.69) is 66.1 Å². The van der Waals surface area contributed by atoms with Gasteiger partial charge in [-0.3, -0.25) is 0 Å². The minimum Gasteiger partial charge on any atom is -0.494 e. The Kier molecular flexibility index (Phi) is 5.17. The van der Waals surface area contributed by atoms with Gasteiger partial charge in [0.2, 0.25) is 0 Å². The van der Waals surface area contributed by atoms with Gasteiger partial charge in [-0.15, -0.1) is 0 Å². The quantitative estimate of drug-likeness (QED) is 0.661. The molecule has 0 spiro atoms. The zero-order chi connectivity index (χ0) is 19.7. The first-order valence-corrected chi connectivity index (χ1v) is 10.5. The van der Waals surface area contributed by atoms with Gasteiger partial charge in [-0.25, -0.2) is 0 Å². The molecule has 2 aromatic rings. The van der Waals surface area contributed by atoms with Gasteiger partial charge in [0.1, 0.15) is 5.75 Å². The molecule has 4 rings (SSSR count). The molecule has 0 N–H and O–H groups in total. The minimum atomic E-state index is -0.148. The maximum atomic E-state index is 10.0. The third-order valence-electron chi connectivity index (χ3n) is 5.98. The topological polar surface area (TPSA) is 39.5 Å². The van der Waals surface area contributed by atoms with Gasteiger partial charge in [0.15, 0.2) is 0 Å². The highest BCUT2D eigenvalue weighted by atomic mass is 16.5. The van der Waals surface area contributed by atoms with Crippen LogP contribution < -0.4 is 14.5 Å². The van der Waals surface area contributed by atoms with Crippen molar-refractivity contribution in [3.05, 3.63) is 53.6 Å². The number of nitriles is 1. The van der Waals surface area contributed by atoms with E-state index in [0.29, 0.717) is 12.6 Å². The molecule has 0 aromatic heterocycles. The van der Waals surface area contributed by atoms with E-state index >= 15 is 0 Å². The predicted molar refractivity (Wildman–Crippen MR) is 114 cm³/mol. The number of benzene rings is 2. The van der Waals surface area contributed by atoms with E-state index in [1.165, 1.54) is 29.8 Å². The van der Waals surface area contributed by atoms with Gasteiger partial charge < -0.3 is 14.5 Å². The summed E-state index contributed by atoms with van der Waals surface area (Å²) in [6.07, 6.45) is 2.40. The predicted octanol–water partition coefficient (Wildman–Crippen LogP) is 5.26. The number of ether oxygens (including phenoxy) is 1. The maximum absolute atomic E-state index is 10.0. The lowest BCUT2D eigenvalue weighted by Gasteiger charge is -2.30. The van der Waals surface area contributed by atoms with E-state index in [1.54, 1.807) is 0 Å². The standard InChI is InChI=1S/C24H29N3O/c1-4-26(5-2)18-9-7-17(8-10-18)24-22(16-25)21-14-13-20(28-6-3)15-23(21)27(24)19-11-12-19/h7-10,13-15,19,22,24H,4-6,11-12H2,1-3H3. The van der Waals surface area contributed by atoms with Gasteiger partial charge in [0.25, 0.3) is 0 Å². The fourth-order valence-corrected chi connectivity index (χ4v) is 4.49. The smallest absolute Gasteiger partial charge is 0.121 e. The molecule has 1 saturated carbocycles. The van der Waals surface area contributed by atoms with Crippen molar-refractivity contribution in [1.82, 2.24) is 0 Å². The van der Waals surface area contributed by atoms with Crippen molar-refractivity contribution in [3.8, 4) is 11.8 Å². The van der Waals surface area contributed by atoms with Crippen molar-refractivity contribution in [2.75, 3.05) is 29.5 Å². The Hall–Kier alpha value is -2.67. The summed E-state index contributed by atoms with van der Waals surface area (Å²) in [5.41, 5.74) is 4.78. The fraction of sp³-hybridized carbons (Fsp3) is 0.458. The number of hydrogen-bond acceptors (Lipinski definition) is 4. The molecule has 1 heterocycles. The Morgan fingerprint density at radius 2 is 1.79 bits per heavy atom. The molecule has 4 nitrogen and oxygen atoms in total. The molecule has 0 radical (unpaired) electrons. The Morgan fingerprint density at radius 1 is 1.07 bits per heavy atom. The molecule has 0 amide bonds. The van der Waals surface area contributed by atoms with Crippen LogP contribution in [-0.4, -0.2) is 25.7 Å². The van der Waals surface area contributed by atoms with Crippen LogP contribution in [0.25, 0.3) is 0 Å². The summed E-state index contributed by atoms with van der Waals surface area (Å²) in [7, 11) is 0. The first-order valence-electron chi connectivity index (χ1n) is 10.5. The van der Waals surface area contributed by atoms with Crippen LogP contribution in [0, 0.1) is 11.3 Å². The fourth-order valence-electron chi connectivity index (χ4n) is 4.49. The third kappa shape index (κ3) is 3.20. The molecule has 0 saturated heterocycles. The molecule has 2 aliphatic rings. The second kappa shape index (κ2) is 7.75. The highest BCUT2D eigenvalue weighted by Gasteiger charge is 2.46. The van der Waals surface area contributed by atoms with Gasteiger partial charge in [-0.2, -0.15) is 5.26 Å². The second-order valence-electron chi connectivity index (χ2n) is 7.61. The highest BCUT2D eigenvalue weighted by molar-refractivity contribution is 5.69. The molecule has 2 unspecified atom stereocenters. The molecule has 146 valence electrons.